The molecule has 2 heterocycles. The number of imidazole rings is 1. The first-order chi connectivity index (χ1) is 15.6. The van der Waals surface area contributed by atoms with Crippen LogP contribution in [-0.4, -0.2) is 67.3 Å². The average molecular weight is 436 g/mol. The van der Waals surface area contributed by atoms with Crippen LogP contribution in [0.1, 0.15) is 5.56 Å². The number of benzene rings is 2. The van der Waals surface area contributed by atoms with Crippen molar-refractivity contribution in [2.75, 3.05) is 57.2 Å². The Bertz CT molecular complexity index is 1060. The molecule has 168 valence electrons. The van der Waals surface area contributed by atoms with Gasteiger partial charge in [0, 0.05) is 50.3 Å². The molecular weight excluding hydrogens is 406 g/mol. The normalized spacial score (nSPS) is 14.3. The number of methoxy groups -OCH3 is 2. The number of anilines is 2. The van der Waals surface area contributed by atoms with E-state index in [1.54, 1.807) is 32.4 Å². The molecule has 1 aromatic heterocycles. The van der Waals surface area contributed by atoms with Gasteiger partial charge >= 0.3 is 0 Å². The number of ether oxygens (including phenoxy) is 2. The monoisotopic (exact) mass is 435 g/mol. The van der Waals surface area contributed by atoms with Crippen molar-refractivity contribution in [3.8, 4) is 17.2 Å². The van der Waals surface area contributed by atoms with E-state index in [4.69, 9.17) is 9.47 Å². The smallest absolute Gasteiger partial charge is 0.238 e. The number of aryl methyl sites for hydroxylation is 1. The van der Waals surface area contributed by atoms with Crippen LogP contribution in [-0.2, 0) is 4.79 Å². The molecule has 1 amide bonds. The number of carbonyl (C=O) groups excluding carboxylic acids is 1. The summed E-state index contributed by atoms with van der Waals surface area (Å²) in [6, 6.07) is 13.8. The summed E-state index contributed by atoms with van der Waals surface area (Å²) >= 11 is 0. The van der Waals surface area contributed by atoms with E-state index in [2.05, 4.69) is 55.9 Å². The van der Waals surface area contributed by atoms with E-state index in [9.17, 15) is 4.79 Å². The van der Waals surface area contributed by atoms with Crippen molar-refractivity contribution in [1.29, 1.82) is 0 Å². The summed E-state index contributed by atoms with van der Waals surface area (Å²) in [7, 11) is 3.17. The number of nitrogens with one attached hydrogen (secondary N) is 1. The Labute approximate surface area is 188 Å². The molecule has 1 N–H and O–H groups in total. The molecule has 0 unspecified atom stereocenters. The van der Waals surface area contributed by atoms with Crippen LogP contribution in [0.2, 0.25) is 0 Å². The lowest BCUT2D eigenvalue weighted by molar-refractivity contribution is -0.117. The number of amides is 1. The molecule has 1 fully saturated rings. The minimum Gasteiger partial charge on any atom is -0.497 e. The predicted octanol–water partition coefficient (Wildman–Crippen LogP) is 2.96. The van der Waals surface area contributed by atoms with E-state index in [0.717, 1.165) is 37.8 Å². The van der Waals surface area contributed by atoms with Gasteiger partial charge in [0.05, 0.1) is 26.5 Å². The van der Waals surface area contributed by atoms with Crippen molar-refractivity contribution in [3.05, 3.63) is 60.4 Å². The van der Waals surface area contributed by atoms with Gasteiger partial charge in [0.15, 0.2) is 0 Å². The van der Waals surface area contributed by atoms with Gasteiger partial charge in [-0.2, -0.15) is 0 Å². The fraction of sp³-hybridized carbons (Fsp3) is 0.333. The molecule has 3 aromatic rings. The fourth-order valence-corrected chi connectivity index (χ4v) is 3.84. The highest BCUT2D eigenvalue weighted by molar-refractivity contribution is 5.93. The van der Waals surface area contributed by atoms with Gasteiger partial charge in [-0.25, -0.2) is 4.98 Å². The van der Waals surface area contributed by atoms with E-state index >= 15 is 0 Å². The molecule has 8 nitrogen and oxygen atoms in total. The van der Waals surface area contributed by atoms with Crippen LogP contribution < -0.4 is 19.7 Å². The second kappa shape index (κ2) is 9.74. The second-order valence-corrected chi connectivity index (χ2v) is 7.81. The average Bonchev–Trinajstić information content (AvgIpc) is 3.30. The van der Waals surface area contributed by atoms with Gasteiger partial charge in [0.25, 0.3) is 0 Å². The van der Waals surface area contributed by atoms with Gasteiger partial charge in [0.2, 0.25) is 11.9 Å². The van der Waals surface area contributed by atoms with Crippen LogP contribution in [0.4, 0.5) is 11.6 Å². The number of hydrogen-bond acceptors (Lipinski definition) is 6. The molecule has 0 bridgehead atoms. The van der Waals surface area contributed by atoms with Crippen molar-refractivity contribution in [1.82, 2.24) is 14.5 Å². The Kier molecular flexibility index (Phi) is 6.61. The zero-order valence-electron chi connectivity index (χ0n) is 18.7. The third-order valence-corrected chi connectivity index (χ3v) is 5.64. The van der Waals surface area contributed by atoms with Crippen molar-refractivity contribution < 1.29 is 14.3 Å². The maximum atomic E-state index is 12.6. The molecule has 8 heteroatoms. The van der Waals surface area contributed by atoms with Crippen LogP contribution in [0, 0.1) is 6.92 Å². The Balaban J connectivity index is 1.34. The lowest BCUT2D eigenvalue weighted by Crippen LogP contribution is -2.49. The zero-order valence-corrected chi connectivity index (χ0v) is 18.7. The number of rotatable bonds is 7. The van der Waals surface area contributed by atoms with E-state index in [1.807, 2.05) is 12.4 Å². The van der Waals surface area contributed by atoms with Gasteiger partial charge in [-0.05, 0) is 31.2 Å². The summed E-state index contributed by atoms with van der Waals surface area (Å²) in [6.07, 6.45) is 3.82. The summed E-state index contributed by atoms with van der Waals surface area (Å²) in [4.78, 5) is 21.6. The predicted molar refractivity (Wildman–Crippen MR) is 125 cm³/mol. The van der Waals surface area contributed by atoms with E-state index in [-0.39, 0.29) is 5.91 Å². The highest BCUT2D eigenvalue weighted by Gasteiger charge is 2.22. The van der Waals surface area contributed by atoms with Crippen LogP contribution >= 0.6 is 0 Å². The topological polar surface area (TPSA) is 71.9 Å². The maximum Gasteiger partial charge on any atom is 0.238 e. The summed E-state index contributed by atoms with van der Waals surface area (Å²) in [6.45, 7) is 5.60. The molecule has 4 rings (SSSR count). The van der Waals surface area contributed by atoms with Crippen molar-refractivity contribution in [2.45, 2.75) is 6.92 Å². The first kappa shape index (κ1) is 21.7. The number of aromatic nitrogens is 2. The Morgan fingerprint density at radius 3 is 2.47 bits per heavy atom. The van der Waals surface area contributed by atoms with Crippen LogP contribution in [0.5, 0.6) is 11.5 Å². The minimum atomic E-state index is -0.0666. The standard InChI is InChI=1S/C24H29N5O3/c1-18-4-6-19(7-5-18)29-11-10-25-24(29)28-14-12-27(13-15-28)17-23(30)26-21-9-8-20(31-2)16-22(21)32-3/h4-11,16H,12-15,17H2,1-3H3,(H,26,30). The van der Waals surface area contributed by atoms with E-state index in [0.29, 0.717) is 23.7 Å². The zero-order chi connectivity index (χ0) is 22.5. The molecule has 32 heavy (non-hydrogen) atoms. The summed E-state index contributed by atoms with van der Waals surface area (Å²) in [5.41, 5.74) is 2.96. The highest BCUT2D eigenvalue weighted by atomic mass is 16.5. The molecular formula is C24H29N5O3. The summed E-state index contributed by atoms with van der Waals surface area (Å²) < 4.78 is 12.7. The van der Waals surface area contributed by atoms with Gasteiger partial charge in [-0.1, -0.05) is 17.7 Å². The number of piperazine rings is 1. The minimum absolute atomic E-state index is 0.0666. The van der Waals surface area contributed by atoms with Crippen molar-refractivity contribution >= 4 is 17.5 Å². The molecule has 0 radical (unpaired) electrons. The molecule has 0 spiro atoms. The second-order valence-electron chi connectivity index (χ2n) is 7.81. The third kappa shape index (κ3) is 4.86. The highest BCUT2D eigenvalue weighted by Crippen LogP contribution is 2.29. The van der Waals surface area contributed by atoms with Crippen LogP contribution in [0.3, 0.4) is 0 Å². The molecule has 2 aromatic carbocycles. The molecule has 0 saturated carbocycles. The van der Waals surface area contributed by atoms with Crippen molar-refractivity contribution in [3.63, 3.8) is 0 Å². The Morgan fingerprint density at radius 1 is 1.03 bits per heavy atom. The number of hydrogen-bond donors (Lipinski definition) is 1. The fourth-order valence-electron chi connectivity index (χ4n) is 3.84. The first-order valence-corrected chi connectivity index (χ1v) is 10.7. The maximum absolute atomic E-state index is 12.6. The number of carbonyl (C=O) groups is 1. The SMILES string of the molecule is COc1ccc(NC(=O)CN2CCN(c3nccn3-c3ccc(C)cc3)CC2)c(OC)c1. The lowest BCUT2D eigenvalue weighted by atomic mass is 10.2. The van der Waals surface area contributed by atoms with E-state index < -0.39 is 0 Å². The molecule has 1 aliphatic heterocycles. The molecule has 0 aliphatic carbocycles. The quantitative estimate of drug-likeness (QED) is 0.615. The Morgan fingerprint density at radius 2 is 1.78 bits per heavy atom. The summed E-state index contributed by atoms with van der Waals surface area (Å²) in [5.74, 6) is 2.12. The first-order valence-electron chi connectivity index (χ1n) is 10.7. The van der Waals surface area contributed by atoms with Gasteiger partial charge < -0.3 is 19.7 Å². The van der Waals surface area contributed by atoms with E-state index in [1.165, 1.54) is 5.56 Å². The molecule has 1 saturated heterocycles. The molecule has 0 atom stereocenters. The van der Waals surface area contributed by atoms with Crippen molar-refractivity contribution in [2.24, 2.45) is 0 Å². The van der Waals surface area contributed by atoms with Crippen LogP contribution in [0.25, 0.3) is 5.69 Å². The largest absolute Gasteiger partial charge is 0.497 e. The lowest BCUT2D eigenvalue weighted by Gasteiger charge is -2.35. The van der Waals surface area contributed by atoms with Crippen LogP contribution in [0.15, 0.2) is 54.9 Å². The van der Waals surface area contributed by atoms with Gasteiger partial charge in [0.1, 0.15) is 11.5 Å². The third-order valence-electron chi connectivity index (χ3n) is 5.64. The summed E-state index contributed by atoms with van der Waals surface area (Å²) in [5, 5.41) is 2.94. The Hall–Kier alpha value is -3.52. The van der Waals surface area contributed by atoms with Gasteiger partial charge in [-0.3, -0.25) is 14.3 Å². The molecule has 1 aliphatic rings. The van der Waals surface area contributed by atoms with Gasteiger partial charge in [-0.15, -0.1) is 0 Å². The number of nitrogens with zero attached hydrogens (tertiary/aromatic N) is 4.